The molecule has 2 heterocycles. The highest BCUT2D eigenvalue weighted by Gasteiger charge is 2.42. The van der Waals surface area contributed by atoms with E-state index in [9.17, 15) is 29.1 Å². The van der Waals surface area contributed by atoms with Crippen LogP contribution in [0.5, 0.6) is 5.75 Å². The Kier molecular flexibility index (Phi) is 16.5. The van der Waals surface area contributed by atoms with Crippen molar-refractivity contribution in [3.05, 3.63) is 29.8 Å². The topological polar surface area (TPSA) is 190 Å². The number of amides is 3. The standard InChI is InChI=1S/C39H63N5O9/c1-10-24(6)35-31(45)20-33(46)53-32(23(4)5)21-41-28(18-22(2)3)37(48)44-17-11-12-29(44)38(49)43(8)30(19-26-13-15-27(51-9)16-14-26)39(50)52-25(7)34(40)36(47)42-35/h13-16,22-25,28-32,34-35,41,45H,10-12,17-21,40H2,1-9H3,(H,42,47)/t24-,25+,28-,29-,30-,31-,32+,34-,35+/m0/s1. The third-order valence-electron chi connectivity index (χ3n) is 10.6. The van der Waals surface area contributed by atoms with Gasteiger partial charge in [0.1, 0.15) is 36.1 Å². The quantitative estimate of drug-likeness (QED) is 0.286. The highest BCUT2D eigenvalue weighted by molar-refractivity contribution is 5.93. The van der Waals surface area contributed by atoms with Crippen molar-refractivity contribution < 1.29 is 43.3 Å². The minimum absolute atomic E-state index is 0.0876. The molecule has 1 aromatic carbocycles. The molecule has 3 amide bonds. The third-order valence-corrected chi connectivity index (χ3v) is 10.6. The molecule has 2 aliphatic heterocycles. The molecule has 2 saturated heterocycles. The lowest BCUT2D eigenvalue weighted by Gasteiger charge is -2.35. The summed E-state index contributed by atoms with van der Waals surface area (Å²) in [5.41, 5.74) is 7.07. The van der Waals surface area contributed by atoms with Gasteiger partial charge in [-0.2, -0.15) is 0 Å². The number of ether oxygens (including phenoxy) is 3. The van der Waals surface area contributed by atoms with Gasteiger partial charge in [0, 0.05) is 26.6 Å². The van der Waals surface area contributed by atoms with Crippen LogP contribution in [-0.4, -0.2) is 120 Å². The molecule has 0 aromatic heterocycles. The number of benzene rings is 1. The fourth-order valence-corrected chi connectivity index (χ4v) is 6.85. The molecule has 5 N–H and O–H groups in total. The number of nitrogens with zero attached hydrogens (tertiary/aromatic N) is 2. The number of hydrogen-bond acceptors (Lipinski definition) is 11. The molecule has 0 unspecified atom stereocenters. The Bertz CT molecular complexity index is 1390. The van der Waals surface area contributed by atoms with Crippen LogP contribution < -0.4 is 21.1 Å². The number of carbonyl (C=O) groups is 5. The molecular formula is C39H63N5O9. The lowest BCUT2D eigenvalue weighted by atomic mass is 9.92. The highest BCUT2D eigenvalue weighted by atomic mass is 16.6. The zero-order chi connectivity index (χ0) is 39.6. The summed E-state index contributed by atoms with van der Waals surface area (Å²) < 4.78 is 16.9. The predicted molar refractivity (Wildman–Crippen MR) is 199 cm³/mol. The third kappa shape index (κ3) is 11.9. The van der Waals surface area contributed by atoms with Crippen LogP contribution >= 0.6 is 0 Å². The minimum atomic E-state index is -1.33. The number of hydrogen-bond donors (Lipinski definition) is 4. The lowest BCUT2D eigenvalue weighted by Crippen LogP contribution is -2.57. The van der Waals surface area contributed by atoms with Gasteiger partial charge in [-0.05, 0) is 61.6 Å². The Morgan fingerprint density at radius 3 is 2.26 bits per heavy atom. The van der Waals surface area contributed by atoms with Crippen molar-refractivity contribution in [1.29, 1.82) is 0 Å². The Hall–Kier alpha value is -3.75. The van der Waals surface area contributed by atoms with Crippen LogP contribution in [0.25, 0.3) is 0 Å². The molecule has 14 heteroatoms. The molecule has 9 atom stereocenters. The molecular weight excluding hydrogens is 682 g/mol. The maximum absolute atomic E-state index is 14.3. The van der Waals surface area contributed by atoms with Crippen LogP contribution in [0.2, 0.25) is 0 Å². The van der Waals surface area contributed by atoms with Gasteiger partial charge in [-0.1, -0.05) is 60.1 Å². The van der Waals surface area contributed by atoms with Gasteiger partial charge in [0.2, 0.25) is 17.7 Å². The van der Waals surface area contributed by atoms with E-state index >= 15 is 0 Å². The van der Waals surface area contributed by atoms with Gasteiger partial charge in [-0.15, -0.1) is 0 Å². The number of rotatable bonds is 8. The smallest absolute Gasteiger partial charge is 0.329 e. The number of fused-ring (bicyclic) bond motifs is 1. The Balaban J connectivity index is 2.06. The number of aliphatic hydroxyl groups is 1. The number of nitrogens with one attached hydrogen (secondary N) is 2. The van der Waals surface area contributed by atoms with E-state index in [4.69, 9.17) is 19.9 Å². The normalized spacial score (nSPS) is 29.6. The maximum atomic E-state index is 14.3. The summed E-state index contributed by atoms with van der Waals surface area (Å²) in [7, 11) is 3.07. The number of likely N-dealkylation sites (N-methyl/N-ethyl adjacent to an activating group) is 1. The van der Waals surface area contributed by atoms with E-state index in [-0.39, 0.29) is 43.0 Å². The number of nitrogens with two attached hydrogens (primary N) is 1. The molecule has 14 nitrogen and oxygen atoms in total. The van der Waals surface area contributed by atoms with E-state index < -0.39 is 72.3 Å². The van der Waals surface area contributed by atoms with Crippen LogP contribution in [-0.2, 0) is 39.9 Å². The fraction of sp³-hybridized carbons (Fsp3) is 0.718. The molecule has 0 radical (unpaired) electrons. The van der Waals surface area contributed by atoms with Gasteiger partial charge in [0.15, 0.2) is 0 Å². The summed E-state index contributed by atoms with van der Waals surface area (Å²) in [5.74, 6) is -2.37. The summed E-state index contributed by atoms with van der Waals surface area (Å²) in [5, 5.41) is 17.4. The highest BCUT2D eigenvalue weighted by Crippen LogP contribution is 2.25. The van der Waals surface area contributed by atoms with Gasteiger partial charge in [-0.25, -0.2) is 4.79 Å². The number of carbonyl (C=O) groups excluding carboxylic acids is 5. The van der Waals surface area contributed by atoms with E-state index in [1.165, 1.54) is 18.9 Å². The monoisotopic (exact) mass is 745 g/mol. The SMILES string of the molecule is CC[C@H](C)[C@H]1NC(=O)[C@@H](N)[C@@H](C)OC(=O)[C@H](Cc2ccc(OC)cc2)N(C)C(=O)[C@@H]2CCCN2C(=O)[C@H](CC(C)C)NC[C@H](C(C)C)OC(=O)C[C@@H]1O. The van der Waals surface area contributed by atoms with Crippen LogP contribution in [0.3, 0.4) is 0 Å². The van der Waals surface area contributed by atoms with E-state index in [1.54, 1.807) is 36.3 Å². The average molecular weight is 746 g/mol. The van der Waals surface area contributed by atoms with E-state index in [2.05, 4.69) is 10.6 Å². The maximum Gasteiger partial charge on any atom is 0.329 e. The van der Waals surface area contributed by atoms with Crippen molar-refractivity contribution in [1.82, 2.24) is 20.4 Å². The molecule has 2 fully saturated rings. The zero-order valence-corrected chi connectivity index (χ0v) is 33.0. The molecule has 298 valence electrons. The first-order valence-electron chi connectivity index (χ1n) is 19.1. The van der Waals surface area contributed by atoms with Crippen LogP contribution in [0, 0.1) is 17.8 Å². The number of esters is 2. The number of methoxy groups -OCH3 is 1. The first-order chi connectivity index (χ1) is 25.0. The average Bonchev–Trinajstić information content (AvgIpc) is 3.61. The first-order valence-corrected chi connectivity index (χ1v) is 19.1. The van der Waals surface area contributed by atoms with Crippen molar-refractivity contribution >= 4 is 29.7 Å². The second-order valence-corrected chi connectivity index (χ2v) is 15.4. The predicted octanol–water partition coefficient (Wildman–Crippen LogP) is 2.18. The molecule has 0 spiro atoms. The van der Waals surface area contributed by atoms with Crippen LogP contribution in [0.1, 0.15) is 86.1 Å². The summed E-state index contributed by atoms with van der Waals surface area (Å²) in [4.78, 5) is 72.2. The molecule has 0 bridgehead atoms. The van der Waals surface area contributed by atoms with Crippen molar-refractivity contribution in [2.45, 2.75) is 136 Å². The number of cyclic esters (lactones) is 2. The molecule has 53 heavy (non-hydrogen) atoms. The fourth-order valence-electron chi connectivity index (χ4n) is 6.85. The zero-order valence-electron chi connectivity index (χ0n) is 33.0. The minimum Gasteiger partial charge on any atom is -0.497 e. The Morgan fingerprint density at radius 1 is 1.02 bits per heavy atom. The second-order valence-electron chi connectivity index (χ2n) is 15.4. The van der Waals surface area contributed by atoms with Crippen LogP contribution in [0.15, 0.2) is 24.3 Å². The van der Waals surface area contributed by atoms with E-state index in [0.717, 1.165) is 5.56 Å². The van der Waals surface area contributed by atoms with Gasteiger partial charge >= 0.3 is 11.9 Å². The molecule has 3 rings (SSSR count). The summed E-state index contributed by atoms with van der Waals surface area (Å²) >= 11 is 0. The second kappa shape index (κ2) is 20.1. The lowest BCUT2D eigenvalue weighted by molar-refractivity contribution is -0.161. The summed E-state index contributed by atoms with van der Waals surface area (Å²) in [6.07, 6.45) is -1.27. The van der Waals surface area contributed by atoms with E-state index in [1.807, 2.05) is 41.5 Å². The van der Waals surface area contributed by atoms with Crippen molar-refractivity contribution in [2.24, 2.45) is 23.5 Å². The largest absolute Gasteiger partial charge is 0.497 e. The van der Waals surface area contributed by atoms with Crippen LogP contribution in [0.4, 0.5) is 0 Å². The number of aliphatic hydroxyl groups excluding tert-OH is 1. The Labute approximate surface area is 314 Å². The van der Waals surface area contributed by atoms with Crippen molar-refractivity contribution in [2.75, 3.05) is 27.2 Å². The molecule has 2 aliphatic rings. The first kappa shape index (κ1) is 43.7. The van der Waals surface area contributed by atoms with Gasteiger partial charge < -0.3 is 45.5 Å². The van der Waals surface area contributed by atoms with Gasteiger partial charge in [-0.3, -0.25) is 19.2 Å². The molecule has 1 aromatic rings. The van der Waals surface area contributed by atoms with E-state index in [0.29, 0.717) is 38.0 Å². The Morgan fingerprint density at radius 2 is 1.68 bits per heavy atom. The van der Waals surface area contributed by atoms with Crippen molar-refractivity contribution in [3.8, 4) is 5.75 Å². The summed E-state index contributed by atoms with van der Waals surface area (Å²) in [6.45, 7) is 13.6. The van der Waals surface area contributed by atoms with Gasteiger partial charge in [0.25, 0.3) is 0 Å². The van der Waals surface area contributed by atoms with Gasteiger partial charge in [0.05, 0.1) is 31.7 Å². The summed E-state index contributed by atoms with van der Waals surface area (Å²) in [6, 6.07) is 2.30. The van der Waals surface area contributed by atoms with Crippen molar-refractivity contribution in [3.63, 3.8) is 0 Å². The molecule has 0 saturated carbocycles. The molecule has 0 aliphatic carbocycles.